The summed E-state index contributed by atoms with van der Waals surface area (Å²) in [7, 11) is 3.13. The van der Waals surface area contributed by atoms with Crippen molar-refractivity contribution in [1.29, 1.82) is 0 Å². The van der Waals surface area contributed by atoms with Crippen LogP contribution in [0, 0.1) is 0 Å². The van der Waals surface area contributed by atoms with Crippen molar-refractivity contribution in [1.82, 2.24) is 4.98 Å². The van der Waals surface area contributed by atoms with E-state index in [1.54, 1.807) is 62.8 Å². The first-order chi connectivity index (χ1) is 17.9. The Hall–Kier alpha value is -4.85. The third-order valence-corrected chi connectivity index (χ3v) is 6.65. The van der Waals surface area contributed by atoms with Crippen molar-refractivity contribution in [2.45, 2.75) is 12.3 Å². The number of esters is 1. The van der Waals surface area contributed by atoms with Crippen molar-refractivity contribution in [2.75, 3.05) is 14.2 Å². The molecule has 2 aliphatic rings. The zero-order valence-corrected chi connectivity index (χ0v) is 20.0. The molecular formula is C29H21NO7. The summed E-state index contributed by atoms with van der Waals surface area (Å²) in [5.74, 6) is 0.610. The molecule has 0 saturated heterocycles. The fourth-order valence-electron chi connectivity index (χ4n) is 4.81. The fourth-order valence-corrected chi connectivity index (χ4v) is 4.81. The third kappa shape index (κ3) is 3.83. The predicted octanol–water partition coefficient (Wildman–Crippen LogP) is 4.60. The number of Topliss-reactive ketones (excluding diaryl/α,β-unsaturated/α-hetero) is 1. The number of carbonyl (C=O) groups is 2. The van der Waals surface area contributed by atoms with Gasteiger partial charge in [0.2, 0.25) is 5.78 Å². The van der Waals surface area contributed by atoms with Crippen LogP contribution in [0.15, 0.2) is 71.2 Å². The third-order valence-electron chi connectivity index (χ3n) is 6.65. The van der Waals surface area contributed by atoms with Crippen LogP contribution in [-0.4, -0.2) is 31.0 Å². The molecule has 3 heterocycles. The summed E-state index contributed by atoms with van der Waals surface area (Å²) in [5.41, 5.74) is 2.26. The number of aromatic amines is 1. The highest BCUT2D eigenvalue weighted by molar-refractivity contribution is 6.15. The van der Waals surface area contributed by atoms with E-state index in [0.29, 0.717) is 39.5 Å². The number of rotatable bonds is 4. The highest BCUT2D eigenvalue weighted by Crippen LogP contribution is 2.48. The number of hydrogen-bond donors (Lipinski definition) is 1. The van der Waals surface area contributed by atoms with Gasteiger partial charge in [0.15, 0.2) is 5.76 Å². The molecule has 8 nitrogen and oxygen atoms in total. The lowest BCUT2D eigenvalue weighted by Crippen LogP contribution is -2.26. The van der Waals surface area contributed by atoms with Gasteiger partial charge in [0.05, 0.1) is 31.7 Å². The Morgan fingerprint density at radius 1 is 0.892 bits per heavy atom. The molecule has 1 atom stereocenters. The summed E-state index contributed by atoms with van der Waals surface area (Å²) in [5, 5.41) is 0.778. The molecule has 0 aliphatic carbocycles. The van der Waals surface area contributed by atoms with Gasteiger partial charge in [-0.3, -0.25) is 14.4 Å². The van der Waals surface area contributed by atoms with Crippen molar-refractivity contribution in [3.05, 3.63) is 99.0 Å². The summed E-state index contributed by atoms with van der Waals surface area (Å²) in [6.07, 6.45) is 1.58. The molecule has 0 spiro atoms. The van der Waals surface area contributed by atoms with Crippen molar-refractivity contribution in [2.24, 2.45) is 0 Å². The highest BCUT2D eigenvalue weighted by Gasteiger charge is 2.39. The van der Waals surface area contributed by atoms with Crippen LogP contribution in [0.4, 0.5) is 0 Å². The van der Waals surface area contributed by atoms with Crippen LogP contribution in [0.25, 0.3) is 17.0 Å². The lowest BCUT2D eigenvalue weighted by atomic mass is 9.85. The van der Waals surface area contributed by atoms with Crippen molar-refractivity contribution >= 4 is 28.7 Å². The number of pyridine rings is 1. The summed E-state index contributed by atoms with van der Waals surface area (Å²) in [4.78, 5) is 41.8. The van der Waals surface area contributed by atoms with Crippen molar-refractivity contribution in [3.63, 3.8) is 0 Å². The van der Waals surface area contributed by atoms with Gasteiger partial charge in [-0.2, -0.15) is 0 Å². The molecule has 0 bridgehead atoms. The van der Waals surface area contributed by atoms with Gasteiger partial charge >= 0.3 is 5.97 Å². The van der Waals surface area contributed by atoms with E-state index in [1.165, 1.54) is 0 Å². The minimum absolute atomic E-state index is 0.0662. The molecule has 1 N–H and O–H groups in total. The van der Waals surface area contributed by atoms with Gasteiger partial charge in [-0.25, -0.2) is 0 Å². The van der Waals surface area contributed by atoms with E-state index in [9.17, 15) is 14.4 Å². The summed E-state index contributed by atoms with van der Waals surface area (Å²) < 4.78 is 22.0. The lowest BCUT2D eigenvalue weighted by molar-refractivity contribution is -0.135. The molecule has 37 heavy (non-hydrogen) atoms. The van der Waals surface area contributed by atoms with E-state index in [2.05, 4.69) is 4.98 Å². The minimum Gasteiger partial charge on any atom is -0.497 e. The van der Waals surface area contributed by atoms with Crippen molar-refractivity contribution in [3.8, 4) is 23.0 Å². The summed E-state index contributed by atoms with van der Waals surface area (Å²) >= 11 is 0. The molecular weight excluding hydrogens is 474 g/mol. The van der Waals surface area contributed by atoms with Gasteiger partial charge < -0.3 is 23.9 Å². The van der Waals surface area contributed by atoms with Crippen LogP contribution in [0.1, 0.15) is 39.4 Å². The molecule has 4 aromatic rings. The van der Waals surface area contributed by atoms with Gasteiger partial charge in [0.25, 0.3) is 5.56 Å². The number of aromatic nitrogens is 1. The number of benzene rings is 3. The number of hydrogen-bond acceptors (Lipinski definition) is 7. The average Bonchev–Trinajstić information content (AvgIpc) is 3.22. The van der Waals surface area contributed by atoms with E-state index in [1.807, 2.05) is 18.2 Å². The lowest BCUT2D eigenvalue weighted by Gasteiger charge is -2.26. The maximum absolute atomic E-state index is 13.2. The minimum atomic E-state index is -0.658. The van der Waals surface area contributed by atoms with E-state index < -0.39 is 11.9 Å². The SMILES string of the molecule is COc1ccc(/C=C2\Oc3c(ccc4c3[C@@H](c3cc5ccc(OC)cc5[nH]c3=O)CC(=O)O4)C2=O)cc1. The molecule has 0 fully saturated rings. The number of methoxy groups -OCH3 is 2. The van der Waals surface area contributed by atoms with Gasteiger partial charge in [-0.05, 0) is 59.5 Å². The number of carbonyl (C=O) groups excluding carboxylic acids is 2. The normalized spacial score (nSPS) is 17.2. The predicted molar refractivity (Wildman–Crippen MR) is 136 cm³/mol. The molecule has 3 aromatic carbocycles. The number of ether oxygens (including phenoxy) is 4. The number of fused-ring (bicyclic) bond motifs is 4. The zero-order chi connectivity index (χ0) is 25.7. The van der Waals surface area contributed by atoms with E-state index in [0.717, 1.165) is 10.9 Å². The maximum atomic E-state index is 13.2. The topological polar surface area (TPSA) is 104 Å². The van der Waals surface area contributed by atoms with Crippen LogP contribution in [0.5, 0.6) is 23.0 Å². The molecule has 0 unspecified atom stereocenters. The first-order valence-electron chi connectivity index (χ1n) is 11.6. The molecule has 6 rings (SSSR count). The van der Waals surface area contributed by atoms with Gasteiger partial charge in [0, 0.05) is 23.1 Å². The van der Waals surface area contributed by atoms with Crippen LogP contribution in [0.2, 0.25) is 0 Å². The summed E-state index contributed by atoms with van der Waals surface area (Å²) in [6, 6.07) is 17.5. The molecule has 2 aliphatic heterocycles. The van der Waals surface area contributed by atoms with Gasteiger partial charge in [0.1, 0.15) is 23.0 Å². The first-order valence-corrected chi connectivity index (χ1v) is 11.6. The Balaban J connectivity index is 1.46. The van der Waals surface area contributed by atoms with E-state index >= 15 is 0 Å². The largest absolute Gasteiger partial charge is 0.497 e. The Morgan fingerprint density at radius 3 is 2.41 bits per heavy atom. The molecule has 8 heteroatoms. The van der Waals surface area contributed by atoms with Gasteiger partial charge in [-0.1, -0.05) is 12.1 Å². The van der Waals surface area contributed by atoms with Gasteiger partial charge in [-0.15, -0.1) is 0 Å². The van der Waals surface area contributed by atoms with Crippen LogP contribution in [-0.2, 0) is 4.79 Å². The van der Waals surface area contributed by atoms with Crippen LogP contribution in [0.3, 0.4) is 0 Å². The highest BCUT2D eigenvalue weighted by atomic mass is 16.5. The molecule has 1 aromatic heterocycles. The fraction of sp³-hybridized carbons (Fsp3) is 0.138. The van der Waals surface area contributed by atoms with Crippen LogP contribution >= 0.6 is 0 Å². The monoisotopic (exact) mass is 495 g/mol. The van der Waals surface area contributed by atoms with Crippen molar-refractivity contribution < 1.29 is 28.5 Å². The smallest absolute Gasteiger partial charge is 0.312 e. The molecule has 0 saturated carbocycles. The summed E-state index contributed by atoms with van der Waals surface area (Å²) in [6.45, 7) is 0. The second-order valence-electron chi connectivity index (χ2n) is 8.80. The Bertz CT molecular complexity index is 1680. The second kappa shape index (κ2) is 8.67. The second-order valence-corrected chi connectivity index (χ2v) is 8.80. The molecule has 0 radical (unpaired) electrons. The Labute approximate surface area is 211 Å². The number of H-pyrrole nitrogens is 1. The quantitative estimate of drug-likeness (QED) is 0.251. The van der Waals surface area contributed by atoms with E-state index in [-0.39, 0.29) is 29.3 Å². The molecule has 0 amide bonds. The zero-order valence-electron chi connectivity index (χ0n) is 20.0. The average molecular weight is 495 g/mol. The first kappa shape index (κ1) is 22.6. The number of allylic oxidation sites excluding steroid dienone is 1. The van der Waals surface area contributed by atoms with E-state index in [4.69, 9.17) is 18.9 Å². The Morgan fingerprint density at radius 2 is 1.65 bits per heavy atom. The number of ketones is 1. The molecule has 184 valence electrons. The Kier molecular flexibility index (Phi) is 5.30. The number of nitrogens with one attached hydrogen (secondary N) is 1. The standard InChI is InChI=1S/C29H21NO7/c1-34-17-6-3-15(4-7-17)11-24-27(32)19-9-10-23-26(28(19)37-24)20(14-25(31)36-23)21-12-16-5-8-18(35-2)13-22(16)30-29(21)33/h3-13,20H,14H2,1-2H3,(H,30,33)/b24-11-/t20-/m1/s1. The maximum Gasteiger partial charge on any atom is 0.312 e. The van der Waals surface area contributed by atoms with Crippen LogP contribution < -0.4 is 24.5 Å².